The summed E-state index contributed by atoms with van der Waals surface area (Å²) in [4.78, 5) is 24.0. The minimum absolute atomic E-state index is 0.0725. The largest absolute Gasteiger partial charge is 0.475 e. The molecule has 0 aliphatic rings. The predicted octanol–water partition coefficient (Wildman–Crippen LogP) is 1.23. The number of amides is 1. The van der Waals surface area contributed by atoms with Crippen LogP contribution in [0.15, 0.2) is 22.7 Å². The van der Waals surface area contributed by atoms with Crippen molar-refractivity contribution in [2.24, 2.45) is 0 Å². The number of carbonyl (C=O) groups is 2. The van der Waals surface area contributed by atoms with E-state index >= 15 is 0 Å². The molecular weight excluding hydrogens is 262 g/mol. The van der Waals surface area contributed by atoms with Crippen LogP contribution in [0.1, 0.15) is 32.4 Å². The van der Waals surface area contributed by atoms with Crippen molar-refractivity contribution in [1.29, 1.82) is 0 Å². The van der Waals surface area contributed by atoms with Crippen LogP contribution in [-0.4, -0.2) is 45.8 Å². The van der Waals surface area contributed by atoms with Gasteiger partial charge in [-0.15, -0.1) is 0 Å². The van der Waals surface area contributed by atoms with E-state index in [2.05, 4.69) is 5.10 Å². The quantitative estimate of drug-likeness (QED) is 0.908. The van der Waals surface area contributed by atoms with Crippen LogP contribution in [0, 0.1) is 6.92 Å². The van der Waals surface area contributed by atoms with E-state index in [4.69, 9.17) is 9.52 Å². The Kier molecular flexibility index (Phi) is 3.60. The van der Waals surface area contributed by atoms with Gasteiger partial charge < -0.3 is 14.4 Å². The zero-order chi connectivity index (χ0) is 14.9. The zero-order valence-electron chi connectivity index (χ0n) is 11.5. The van der Waals surface area contributed by atoms with Crippen molar-refractivity contribution in [2.45, 2.75) is 13.5 Å². The number of aromatic nitrogens is 2. The van der Waals surface area contributed by atoms with E-state index in [0.717, 1.165) is 0 Å². The lowest BCUT2D eigenvalue weighted by Gasteiger charge is -2.06. The second kappa shape index (κ2) is 5.20. The number of aromatic carboxylic acids is 1. The maximum absolute atomic E-state index is 11.7. The summed E-state index contributed by atoms with van der Waals surface area (Å²) in [5.41, 5.74) is 0.890. The molecule has 1 amide bonds. The number of aryl methyl sites for hydroxylation is 1. The van der Waals surface area contributed by atoms with E-state index in [1.54, 1.807) is 39.3 Å². The Labute approximate surface area is 115 Å². The van der Waals surface area contributed by atoms with Gasteiger partial charge in [0, 0.05) is 25.9 Å². The predicted molar refractivity (Wildman–Crippen MR) is 69.8 cm³/mol. The van der Waals surface area contributed by atoms with Gasteiger partial charge in [0.25, 0.3) is 5.91 Å². The molecule has 0 aromatic carbocycles. The van der Waals surface area contributed by atoms with Crippen molar-refractivity contribution in [3.8, 4) is 0 Å². The lowest BCUT2D eigenvalue weighted by molar-refractivity contribution is 0.0658. The third-order valence-corrected chi connectivity index (χ3v) is 2.75. The van der Waals surface area contributed by atoms with E-state index in [-0.39, 0.29) is 18.2 Å². The Morgan fingerprint density at radius 1 is 1.45 bits per heavy atom. The second-order valence-electron chi connectivity index (χ2n) is 4.63. The smallest absolute Gasteiger partial charge is 0.372 e. The molecule has 0 atom stereocenters. The first kappa shape index (κ1) is 13.9. The lowest BCUT2D eigenvalue weighted by Crippen LogP contribution is -2.22. The molecule has 2 heterocycles. The van der Waals surface area contributed by atoms with Gasteiger partial charge in [0.2, 0.25) is 5.76 Å². The number of nitrogens with zero attached hydrogens (tertiary/aromatic N) is 3. The van der Waals surface area contributed by atoms with Crippen molar-refractivity contribution in [3.05, 3.63) is 41.1 Å². The minimum Gasteiger partial charge on any atom is -0.475 e. The summed E-state index contributed by atoms with van der Waals surface area (Å²) in [5.74, 6) is -0.883. The number of carboxylic acid groups (broad SMARTS) is 1. The van der Waals surface area contributed by atoms with Crippen LogP contribution < -0.4 is 0 Å². The van der Waals surface area contributed by atoms with E-state index in [1.165, 1.54) is 9.58 Å². The Morgan fingerprint density at radius 2 is 2.15 bits per heavy atom. The molecule has 2 aromatic rings. The second-order valence-corrected chi connectivity index (χ2v) is 4.63. The van der Waals surface area contributed by atoms with Crippen LogP contribution >= 0.6 is 0 Å². The number of hydrogen-bond acceptors (Lipinski definition) is 4. The number of rotatable bonds is 4. The van der Waals surface area contributed by atoms with Gasteiger partial charge in [-0.05, 0) is 19.1 Å². The normalized spacial score (nSPS) is 10.6. The summed E-state index contributed by atoms with van der Waals surface area (Å²) in [7, 11) is 3.30. The summed E-state index contributed by atoms with van der Waals surface area (Å²) >= 11 is 0. The number of carboxylic acids is 1. The molecule has 0 saturated heterocycles. The van der Waals surface area contributed by atoms with E-state index in [9.17, 15) is 9.59 Å². The highest BCUT2D eigenvalue weighted by atomic mass is 16.4. The Bertz CT molecular complexity index is 654. The standard InChI is InChI=1S/C13H15N3O4/c1-8-6-9(20-11(8)13(18)19)7-16-5-4-10(14-16)12(17)15(2)3/h4-6H,7H2,1-3H3,(H,18,19). The molecular formula is C13H15N3O4. The summed E-state index contributed by atoms with van der Waals surface area (Å²) < 4.78 is 6.77. The molecule has 0 radical (unpaired) electrons. The zero-order valence-corrected chi connectivity index (χ0v) is 11.5. The van der Waals surface area contributed by atoms with Crippen LogP contribution in [0.4, 0.5) is 0 Å². The molecule has 0 saturated carbocycles. The van der Waals surface area contributed by atoms with Crippen LogP contribution in [0.2, 0.25) is 0 Å². The van der Waals surface area contributed by atoms with E-state index in [0.29, 0.717) is 17.0 Å². The Hall–Kier alpha value is -2.57. The van der Waals surface area contributed by atoms with Gasteiger partial charge in [0.15, 0.2) is 0 Å². The molecule has 7 nitrogen and oxygen atoms in total. The third kappa shape index (κ3) is 2.71. The van der Waals surface area contributed by atoms with Crippen LogP contribution in [0.3, 0.4) is 0 Å². The lowest BCUT2D eigenvalue weighted by atomic mass is 10.2. The molecule has 2 aromatic heterocycles. The Morgan fingerprint density at radius 3 is 2.70 bits per heavy atom. The molecule has 0 unspecified atom stereocenters. The van der Waals surface area contributed by atoms with Gasteiger partial charge in [-0.3, -0.25) is 9.48 Å². The molecule has 106 valence electrons. The van der Waals surface area contributed by atoms with Gasteiger partial charge in [0.05, 0.1) is 6.54 Å². The summed E-state index contributed by atoms with van der Waals surface area (Å²) in [6.45, 7) is 1.94. The van der Waals surface area contributed by atoms with E-state index < -0.39 is 5.97 Å². The molecule has 20 heavy (non-hydrogen) atoms. The highest BCUT2D eigenvalue weighted by molar-refractivity contribution is 5.91. The fraction of sp³-hybridized carbons (Fsp3) is 0.308. The van der Waals surface area contributed by atoms with Crippen LogP contribution in [-0.2, 0) is 6.54 Å². The van der Waals surface area contributed by atoms with E-state index in [1.807, 2.05) is 0 Å². The van der Waals surface area contributed by atoms with Crippen LogP contribution in [0.5, 0.6) is 0 Å². The maximum atomic E-state index is 11.7. The number of hydrogen-bond donors (Lipinski definition) is 1. The molecule has 1 N–H and O–H groups in total. The van der Waals surface area contributed by atoms with Gasteiger partial charge in [-0.2, -0.15) is 5.10 Å². The van der Waals surface area contributed by atoms with Gasteiger partial charge in [-0.25, -0.2) is 4.79 Å². The number of carbonyl (C=O) groups excluding carboxylic acids is 1. The maximum Gasteiger partial charge on any atom is 0.372 e. The molecule has 7 heteroatoms. The fourth-order valence-electron chi connectivity index (χ4n) is 1.79. The third-order valence-electron chi connectivity index (χ3n) is 2.75. The summed E-state index contributed by atoms with van der Waals surface area (Å²) in [5, 5.41) is 13.0. The monoisotopic (exact) mass is 277 g/mol. The number of furan rings is 1. The van der Waals surface area contributed by atoms with Crippen molar-refractivity contribution >= 4 is 11.9 Å². The Balaban J connectivity index is 2.17. The first-order chi connectivity index (χ1) is 9.38. The summed E-state index contributed by atoms with van der Waals surface area (Å²) in [6, 6.07) is 3.26. The van der Waals surface area contributed by atoms with Crippen molar-refractivity contribution < 1.29 is 19.1 Å². The SMILES string of the molecule is Cc1cc(Cn2ccc(C(=O)N(C)C)n2)oc1C(=O)O. The average Bonchev–Trinajstić information content (AvgIpc) is 2.95. The van der Waals surface area contributed by atoms with Gasteiger partial charge in [0.1, 0.15) is 11.5 Å². The highest BCUT2D eigenvalue weighted by Gasteiger charge is 2.16. The van der Waals surface area contributed by atoms with Gasteiger partial charge in [-0.1, -0.05) is 0 Å². The molecule has 0 fully saturated rings. The minimum atomic E-state index is -1.10. The van der Waals surface area contributed by atoms with Crippen LogP contribution in [0.25, 0.3) is 0 Å². The fourth-order valence-corrected chi connectivity index (χ4v) is 1.79. The van der Waals surface area contributed by atoms with Crippen molar-refractivity contribution in [1.82, 2.24) is 14.7 Å². The van der Waals surface area contributed by atoms with Gasteiger partial charge >= 0.3 is 5.97 Å². The molecule has 0 aliphatic carbocycles. The topological polar surface area (TPSA) is 88.6 Å². The average molecular weight is 277 g/mol. The summed E-state index contributed by atoms with van der Waals surface area (Å²) in [6.07, 6.45) is 1.65. The first-order valence-electron chi connectivity index (χ1n) is 5.96. The molecule has 0 bridgehead atoms. The molecule has 2 rings (SSSR count). The highest BCUT2D eigenvalue weighted by Crippen LogP contribution is 2.15. The molecule has 0 spiro atoms. The first-order valence-corrected chi connectivity index (χ1v) is 5.96. The van der Waals surface area contributed by atoms with Crippen molar-refractivity contribution in [2.75, 3.05) is 14.1 Å². The van der Waals surface area contributed by atoms with Crippen molar-refractivity contribution in [3.63, 3.8) is 0 Å². The molecule has 0 aliphatic heterocycles.